The average molecular weight is 210 g/mol. The van der Waals surface area contributed by atoms with Crippen LogP contribution in [0.25, 0.3) is 0 Å². The van der Waals surface area contributed by atoms with Gasteiger partial charge in [0.15, 0.2) is 6.10 Å². The molecule has 0 aliphatic heterocycles. The van der Waals surface area contributed by atoms with Gasteiger partial charge in [-0.3, -0.25) is 4.79 Å². The Bertz CT molecular complexity index is 366. The summed E-state index contributed by atoms with van der Waals surface area (Å²) in [6.07, 6.45) is -0.279. The molecule has 0 aliphatic carbocycles. The number of hydrogen-bond acceptors (Lipinski definition) is 4. The molecule has 0 aromatic heterocycles. The number of amides is 1. The number of nitrogen functional groups attached to an aromatic ring is 1. The number of benzene rings is 1. The molecule has 1 aromatic rings. The summed E-state index contributed by atoms with van der Waals surface area (Å²) in [6, 6.07) is 4.59. The molecule has 0 spiro atoms. The van der Waals surface area contributed by atoms with Crippen molar-refractivity contribution in [1.29, 1.82) is 0 Å². The first kappa shape index (κ1) is 11.2. The van der Waals surface area contributed by atoms with E-state index in [0.717, 1.165) is 0 Å². The Kier molecular flexibility index (Phi) is 3.38. The second-order valence-electron chi connectivity index (χ2n) is 3.11. The Morgan fingerprint density at radius 2 is 2.27 bits per heavy atom. The Hall–Kier alpha value is -1.91. The van der Waals surface area contributed by atoms with Crippen LogP contribution in [0.1, 0.15) is 13.3 Å². The Labute approximate surface area is 87.6 Å². The second-order valence-corrected chi connectivity index (χ2v) is 3.11. The number of primary amides is 1. The third kappa shape index (κ3) is 2.52. The van der Waals surface area contributed by atoms with Gasteiger partial charge in [-0.1, -0.05) is 13.0 Å². The SMILES string of the molecule is CCC(Oc1cccc(O)c1N)C(N)=O. The van der Waals surface area contributed by atoms with E-state index >= 15 is 0 Å². The first-order valence-corrected chi connectivity index (χ1v) is 4.59. The molecular formula is C10H14N2O3. The van der Waals surface area contributed by atoms with E-state index in [9.17, 15) is 9.90 Å². The summed E-state index contributed by atoms with van der Waals surface area (Å²) in [5, 5.41) is 9.30. The van der Waals surface area contributed by atoms with Crippen LogP contribution in [0.4, 0.5) is 5.69 Å². The number of hydrogen-bond donors (Lipinski definition) is 3. The maximum absolute atomic E-state index is 10.9. The number of rotatable bonds is 4. The van der Waals surface area contributed by atoms with Crippen LogP contribution < -0.4 is 16.2 Å². The second kappa shape index (κ2) is 4.54. The minimum Gasteiger partial charge on any atom is -0.506 e. The van der Waals surface area contributed by atoms with E-state index in [0.29, 0.717) is 6.42 Å². The van der Waals surface area contributed by atoms with Crippen molar-refractivity contribution in [1.82, 2.24) is 0 Å². The highest BCUT2D eigenvalue weighted by Gasteiger charge is 2.16. The number of nitrogens with two attached hydrogens (primary N) is 2. The smallest absolute Gasteiger partial charge is 0.258 e. The Morgan fingerprint density at radius 3 is 2.80 bits per heavy atom. The number of carbonyl (C=O) groups excluding carboxylic acids is 1. The molecule has 5 nitrogen and oxygen atoms in total. The predicted molar refractivity (Wildman–Crippen MR) is 56.4 cm³/mol. The summed E-state index contributed by atoms with van der Waals surface area (Å²) in [6.45, 7) is 1.77. The van der Waals surface area contributed by atoms with Gasteiger partial charge in [0.05, 0.1) is 0 Å². The fourth-order valence-electron chi connectivity index (χ4n) is 1.13. The van der Waals surface area contributed by atoms with Gasteiger partial charge in [0, 0.05) is 0 Å². The predicted octanol–water partition coefficient (Wildman–Crippen LogP) is 0.617. The summed E-state index contributed by atoms with van der Waals surface area (Å²) in [5.41, 5.74) is 10.8. The van der Waals surface area contributed by atoms with Gasteiger partial charge < -0.3 is 21.3 Å². The van der Waals surface area contributed by atoms with E-state index in [-0.39, 0.29) is 17.2 Å². The zero-order valence-corrected chi connectivity index (χ0v) is 8.43. The number of phenols is 1. The van der Waals surface area contributed by atoms with Crippen LogP contribution in [-0.4, -0.2) is 17.1 Å². The zero-order chi connectivity index (χ0) is 11.4. The monoisotopic (exact) mass is 210 g/mol. The van der Waals surface area contributed by atoms with Crippen molar-refractivity contribution in [2.75, 3.05) is 5.73 Å². The molecule has 82 valence electrons. The van der Waals surface area contributed by atoms with Crippen molar-refractivity contribution >= 4 is 11.6 Å². The number of anilines is 1. The lowest BCUT2D eigenvalue weighted by Gasteiger charge is -2.15. The molecule has 15 heavy (non-hydrogen) atoms. The van der Waals surface area contributed by atoms with Crippen LogP contribution in [0.2, 0.25) is 0 Å². The minimum atomic E-state index is -0.728. The van der Waals surface area contributed by atoms with Gasteiger partial charge in [-0.25, -0.2) is 0 Å². The summed E-state index contributed by atoms with van der Waals surface area (Å²) < 4.78 is 5.28. The third-order valence-electron chi connectivity index (χ3n) is 2.00. The number of ether oxygens (including phenoxy) is 1. The first-order valence-electron chi connectivity index (χ1n) is 4.59. The van der Waals surface area contributed by atoms with Crippen LogP contribution in [0.3, 0.4) is 0 Å². The fraction of sp³-hybridized carbons (Fsp3) is 0.300. The highest BCUT2D eigenvalue weighted by atomic mass is 16.5. The molecule has 0 aliphatic rings. The number of para-hydroxylation sites is 1. The van der Waals surface area contributed by atoms with Crippen LogP contribution in [0.5, 0.6) is 11.5 Å². The molecule has 0 saturated carbocycles. The van der Waals surface area contributed by atoms with Crippen molar-refractivity contribution in [3.8, 4) is 11.5 Å². The van der Waals surface area contributed by atoms with Gasteiger partial charge in [0.1, 0.15) is 17.2 Å². The first-order chi connectivity index (χ1) is 7.06. The summed E-state index contributed by atoms with van der Waals surface area (Å²) in [7, 11) is 0. The molecule has 1 unspecified atom stereocenters. The van der Waals surface area contributed by atoms with Crippen LogP contribution in [-0.2, 0) is 4.79 Å². The highest BCUT2D eigenvalue weighted by molar-refractivity contribution is 5.79. The van der Waals surface area contributed by atoms with Crippen LogP contribution in [0, 0.1) is 0 Å². The van der Waals surface area contributed by atoms with Gasteiger partial charge in [-0.2, -0.15) is 0 Å². The van der Waals surface area contributed by atoms with E-state index in [1.807, 2.05) is 0 Å². The van der Waals surface area contributed by atoms with Crippen molar-refractivity contribution in [3.63, 3.8) is 0 Å². The van der Waals surface area contributed by atoms with E-state index < -0.39 is 12.0 Å². The van der Waals surface area contributed by atoms with E-state index in [2.05, 4.69) is 0 Å². The lowest BCUT2D eigenvalue weighted by molar-refractivity contribution is -0.124. The number of carbonyl (C=O) groups is 1. The largest absolute Gasteiger partial charge is 0.506 e. The summed E-state index contributed by atoms with van der Waals surface area (Å²) in [4.78, 5) is 10.9. The molecule has 5 heteroatoms. The van der Waals surface area contributed by atoms with Gasteiger partial charge >= 0.3 is 0 Å². The lowest BCUT2D eigenvalue weighted by Crippen LogP contribution is -2.33. The maximum Gasteiger partial charge on any atom is 0.258 e. The van der Waals surface area contributed by atoms with Gasteiger partial charge in [0.2, 0.25) is 0 Å². The van der Waals surface area contributed by atoms with E-state index in [1.54, 1.807) is 19.1 Å². The lowest BCUT2D eigenvalue weighted by atomic mass is 10.2. The third-order valence-corrected chi connectivity index (χ3v) is 2.00. The van der Waals surface area contributed by atoms with E-state index in [4.69, 9.17) is 16.2 Å². The molecule has 0 fully saturated rings. The topological polar surface area (TPSA) is 98.6 Å². The molecule has 0 radical (unpaired) electrons. The number of aromatic hydroxyl groups is 1. The summed E-state index contributed by atoms with van der Waals surface area (Å²) >= 11 is 0. The van der Waals surface area contributed by atoms with Gasteiger partial charge in [0.25, 0.3) is 5.91 Å². The van der Waals surface area contributed by atoms with Crippen molar-refractivity contribution in [2.24, 2.45) is 5.73 Å². The molecule has 5 N–H and O–H groups in total. The highest BCUT2D eigenvalue weighted by Crippen LogP contribution is 2.30. The van der Waals surface area contributed by atoms with Crippen molar-refractivity contribution in [3.05, 3.63) is 18.2 Å². The average Bonchev–Trinajstić information content (AvgIpc) is 2.19. The Morgan fingerprint density at radius 1 is 1.60 bits per heavy atom. The molecule has 1 amide bonds. The summed E-state index contributed by atoms with van der Waals surface area (Å²) in [5.74, 6) is -0.368. The maximum atomic E-state index is 10.9. The normalized spacial score (nSPS) is 12.1. The van der Waals surface area contributed by atoms with Crippen LogP contribution >= 0.6 is 0 Å². The van der Waals surface area contributed by atoms with Crippen molar-refractivity contribution in [2.45, 2.75) is 19.4 Å². The molecule has 1 atom stereocenters. The molecule has 0 heterocycles. The quantitative estimate of drug-likeness (QED) is 0.501. The Balaban J connectivity index is 2.88. The van der Waals surface area contributed by atoms with Crippen LogP contribution in [0.15, 0.2) is 18.2 Å². The van der Waals surface area contributed by atoms with E-state index in [1.165, 1.54) is 6.07 Å². The molecular weight excluding hydrogens is 196 g/mol. The molecule has 0 saturated heterocycles. The molecule has 0 bridgehead atoms. The zero-order valence-electron chi connectivity index (χ0n) is 8.43. The standard InChI is InChI=1S/C10H14N2O3/c1-2-7(10(12)14)15-8-5-3-4-6(13)9(8)11/h3-5,7,13H,2,11H2,1H3,(H2,12,14). The fourth-order valence-corrected chi connectivity index (χ4v) is 1.13. The molecule has 1 aromatic carbocycles. The van der Waals surface area contributed by atoms with Gasteiger partial charge in [-0.15, -0.1) is 0 Å². The number of phenolic OH excluding ortho intramolecular Hbond substituents is 1. The minimum absolute atomic E-state index is 0.0770. The molecule has 1 rings (SSSR count). The van der Waals surface area contributed by atoms with Gasteiger partial charge in [-0.05, 0) is 18.6 Å². The van der Waals surface area contributed by atoms with Crippen molar-refractivity contribution < 1.29 is 14.6 Å².